The zero-order valence-corrected chi connectivity index (χ0v) is 27.7. The second-order valence-corrected chi connectivity index (χ2v) is 13.0. The predicted molar refractivity (Wildman–Crippen MR) is 180 cm³/mol. The third-order valence-electron chi connectivity index (χ3n) is 9.48. The number of hydrogen-bond acceptors (Lipinski definition) is 7. The van der Waals surface area contributed by atoms with Crippen molar-refractivity contribution in [2.45, 2.75) is 123 Å². The Kier molecular flexibility index (Phi) is 11.5. The van der Waals surface area contributed by atoms with Crippen molar-refractivity contribution < 1.29 is 28.4 Å². The van der Waals surface area contributed by atoms with Crippen LogP contribution in [0.15, 0.2) is 47.3 Å². The van der Waals surface area contributed by atoms with Gasteiger partial charge in [-0.1, -0.05) is 63.4 Å². The van der Waals surface area contributed by atoms with Crippen molar-refractivity contribution >= 4 is 10.9 Å². The Labute approximate surface area is 273 Å². The monoisotopic (exact) mass is 633 g/mol. The summed E-state index contributed by atoms with van der Waals surface area (Å²) in [5.74, 6) is 1.81. The molecule has 6 rings (SSSR count). The molecule has 4 unspecified atom stereocenters. The average molecular weight is 634 g/mol. The molecule has 3 saturated heterocycles. The molecule has 3 aromatic rings. The van der Waals surface area contributed by atoms with Gasteiger partial charge in [0.25, 0.3) is 0 Å². The Morgan fingerprint density at radius 1 is 0.804 bits per heavy atom. The summed E-state index contributed by atoms with van der Waals surface area (Å²) in [5.41, 5.74) is 2.27. The van der Waals surface area contributed by atoms with Gasteiger partial charge < -0.3 is 33.0 Å². The lowest BCUT2D eigenvalue weighted by atomic mass is 9.97. The van der Waals surface area contributed by atoms with Gasteiger partial charge in [-0.15, -0.1) is 0 Å². The highest BCUT2D eigenvalue weighted by Gasteiger charge is 2.29. The number of pyridine rings is 1. The van der Waals surface area contributed by atoms with E-state index in [1.165, 1.54) is 0 Å². The Balaban J connectivity index is 1.58. The molecule has 0 radical (unpaired) electrons. The fourth-order valence-electron chi connectivity index (χ4n) is 6.84. The Morgan fingerprint density at radius 3 is 2.02 bits per heavy atom. The Bertz CT molecular complexity index is 1450. The quantitative estimate of drug-likeness (QED) is 0.187. The zero-order chi connectivity index (χ0) is 31.7. The van der Waals surface area contributed by atoms with Crippen molar-refractivity contribution in [3.8, 4) is 28.5 Å². The molecular formula is C38H51NO7. The molecule has 4 atom stereocenters. The second-order valence-electron chi connectivity index (χ2n) is 13.0. The van der Waals surface area contributed by atoms with Crippen LogP contribution in [0.2, 0.25) is 0 Å². The van der Waals surface area contributed by atoms with E-state index in [0.29, 0.717) is 48.4 Å². The summed E-state index contributed by atoms with van der Waals surface area (Å²) in [6.07, 6.45) is 11.6. The molecule has 2 aromatic carbocycles. The normalized spacial score (nSPS) is 22.8. The summed E-state index contributed by atoms with van der Waals surface area (Å²) in [5, 5.41) is 0.488. The smallest absolute Gasteiger partial charge is 0.235 e. The molecule has 4 heterocycles. The van der Waals surface area contributed by atoms with E-state index >= 15 is 0 Å². The van der Waals surface area contributed by atoms with Crippen LogP contribution in [0.3, 0.4) is 0 Å². The fraction of sp³-hybridized carbons (Fsp3) is 0.605. The van der Waals surface area contributed by atoms with Gasteiger partial charge in [0, 0.05) is 43.5 Å². The van der Waals surface area contributed by atoms with Gasteiger partial charge in [0.05, 0.1) is 36.4 Å². The summed E-state index contributed by atoms with van der Waals surface area (Å²) < 4.78 is 40.0. The van der Waals surface area contributed by atoms with E-state index in [2.05, 4.69) is 30.5 Å². The summed E-state index contributed by atoms with van der Waals surface area (Å²) in [4.78, 5) is 14.9. The molecule has 46 heavy (non-hydrogen) atoms. The molecule has 8 heteroatoms. The first-order chi connectivity index (χ1) is 22.6. The van der Waals surface area contributed by atoms with Gasteiger partial charge in [-0.3, -0.25) is 4.79 Å². The summed E-state index contributed by atoms with van der Waals surface area (Å²) in [6.45, 7) is 7.16. The van der Waals surface area contributed by atoms with Crippen LogP contribution in [0, 0.1) is 5.92 Å². The van der Waals surface area contributed by atoms with Gasteiger partial charge in [0.2, 0.25) is 5.43 Å². The molecular weight excluding hydrogens is 582 g/mol. The SMILES string of the molecule is CCCCC(CC)Cn1c(-c2ccccc2)c(OC2CCCCO2)c(=O)c2c(OC3CCCCO3)cc(OC3CCCCO3)cc21. The summed E-state index contributed by atoms with van der Waals surface area (Å²) in [7, 11) is 0. The van der Waals surface area contributed by atoms with Crippen LogP contribution in [0.1, 0.15) is 97.3 Å². The summed E-state index contributed by atoms with van der Waals surface area (Å²) >= 11 is 0. The van der Waals surface area contributed by atoms with Crippen molar-refractivity contribution in [1.29, 1.82) is 0 Å². The fourth-order valence-corrected chi connectivity index (χ4v) is 6.84. The first-order valence-corrected chi connectivity index (χ1v) is 17.8. The molecule has 0 amide bonds. The largest absolute Gasteiger partial charge is 0.465 e. The molecule has 8 nitrogen and oxygen atoms in total. The number of ether oxygens (including phenoxy) is 6. The van der Waals surface area contributed by atoms with Gasteiger partial charge in [0.15, 0.2) is 24.6 Å². The maximum absolute atomic E-state index is 14.9. The minimum absolute atomic E-state index is 0.202. The van der Waals surface area contributed by atoms with Gasteiger partial charge in [-0.2, -0.15) is 0 Å². The lowest BCUT2D eigenvalue weighted by molar-refractivity contribution is -0.108. The number of nitrogens with zero attached hydrogens (tertiary/aromatic N) is 1. The number of rotatable bonds is 13. The van der Waals surface area contributed by atoms with Crippen LogP contribution < -0.4 is 19.6 Å². The van der Waals surface area contributed by atoms with E-state index in [1.54, 1.807) is 0 Å². The zero-order valence-electron chi connectivity index (χ0n) is 27.7. The molecule has 1 aromatic heterocycles. The van der Waals surface area contributed by atoms with Crippen molar-refractivity contribution in [2.24, 2.45) is 5.92 Å². The third kappa shape index (κ3) is 7.89. The van der Waals surface area contributed by atoms with Gasteiger partial charge >= 0.3 is 0 Å². The molecule has 0 bridgehead atoms. The Morgan fingerprint density at radius 2 is 1.43 bits per heavy atom. The van der Waals surface area contributed by atoms with E-state index in [-0.39, 0.29) is 11.7 Å². The van der Waals surface area contributed by atoms with E-state index < -0.39 is 12.6 Å². The maximum atomic E-state index is 14.9. The molecule has 250 valence electrons. The number of benzene rings is 2. The predicted octanol–water partition coefficient (Wildman–Crippen LogP) is 8.60. The number of unbranched alkanes of at least 4 members (excludes halogenated alkanes) is 1. The summed E-state index contributed by atoms with van der Waals surface area (Å²) in [6, 6.07) is 14.0. The van der Waals surface area contributed by atoms with Crippen molar-refractivity contribution in [3.05, 3.63) is 52.7 Å². The van der Waals surface area contributed by atoms with Crippen molar-refractivity contribution in [2.75, 3.05) is 19.8 Å². The molecule has 0 aliphatic carbocycles. The van der Waals surface area contributed by atoms with Crippen LogP contribution in [0.25, 0.3) is 22.2 Å². The highest BCUT2D eigenvalue weighted by molar-refractivity contribution is 5.92. The number of fused-ring (bicyclic) bond motifs is 1. The number of hydrogen-bond donors (Lipinski definition) is 0. The first-order valence-electron chi connectivity index (χ1n) is 17.8. The molecule has 3 fully saturated rings. The van der Waals surface area contributed by atoms with Crippen LogP contribution in [0.5, 0.6) is 17.2 Å². The highest BCUT2D eigenvalue weighted by atomic mass is 16.7. The minimum atomic E-state index is -0.478. The molecule has 0 spiro atoms. The van der Waals surface area contributed by atoms with Crippen LogP contribution in [-0.4, -0.2) is 43.3 Å². The standard InChI is InChI=1S/C38H51NO7/c1-3-5-15-27(4-2)26-39-30-24-29(44-32-18-9-12-21-41-32)25-31(45-33-19-10-13-22-42-33)35(30)37(40)38(46-34-20-11-14-23-43-34)36(39)28-16-7-6-8-17-28/h6-8,16-17,24-25,27,32-34H,3-5,9-15,18-23,26H2,1-2H3. The first kappa shape index (κ1) is 32.9. The number of aromatic nitrogens is 1. The van der Waals surface area contributed by atoms with Gasteiger partial charge in [0.1, 0.15) is 11.5 Å². The highest BCUT2D eigenvalue weighted by Crippen LogP contribution is 2.40. The molecule has 0 saturated carbocycles. The molecule has 3 aliphatic rings. The lowest BCUT2D eigenvalue weighted by Gasteiger charge is -2.30. The van der Waals surface area contributed by atoms with Crippen LogP contribution >= 0.6 is 0 Å². The van der Waals surface area contributed by atoms with E-state index in [1.807, 2.05) is 30.3 Å². The van der Waals surface area contributed by atoms with E-state index in [0.717, 1.165) is 107 Å². The average Bonchev–Trinajstić information content (AvgIpc) is 3.10. The Hall–Kier alpha value is -3.07. The third-order valence-corrected chi connectivity index (χ3v) is 9.48. The lowest BCUT2D eigenvalue weighted by Crippen LogP contribution is -2.30. The molecule has 0 N–H and O–H groups in total. The second kappa shape index (κ2) is 16.2. The van der Waals surface area contributed by atoms with Crippen LogP contribution in [0.4, 0.5) is 0 Å². The minimum Gasteiger partial charge on any atom is -0.465 e. The maximum Gasteiger partial charge on any atom is 0.235 e. The molecule has 3 aliphatic heterocycles. The van der Waals surface area contributed by atoms with Gasteiger partial charge in [-0.25, -0.2) is 0 Å². The van der Waals surface area contributed by atoms with Crippen LogP contribution in [-0.2, 0) is 20.8 Å². The van der Waals surface area contributed by atoms with E-state index in [4.69, 9.17) is 28.4 Å². The van der Waals surface area contributed by atoms with Crippen molar-refractivity contribution in [1.82, 2.24) is 4.57 Å². The topological polar surface area (TPSA) is 77.4 Å². The van der Waals surface area contributed by atoms with Gasteiger partial charge in [-0.05, 0) is 50.9 Å². The van der Waals surface area contributed by atoms with E-state index in [9.17, 15) is 4.79 Å². The van der Waals surface area contributed by atoms with Crippen molar-refractivity contribution in [3.63, 3.8) is 0 Å².